The van der Waals surface area contributed by atoms with Crippen molar-refractivity contribution in [2.45, 2.75) is 30.3 Å². The Labute approximate surface area is 333 Å². The Kier molecular flexibility index (Phi) is 7.13. The molecule has 0 radical (unpaired) electrons. The standard InChI is InChI=1S/C55H40N2/c1-3-15-39(16-4-1)56(41-30-27-37(28-31-41)38-29-34-54-48(35-38)47-22-10-14-26-53(47)57(54)40-17-5-2-6-18-40)42-32-33-46-45-21-9-13-25-51(45)55(52(46)36-42)49-23-11-7-19-43(49)44-20-8-12-24-50(44)55/h1-15,17-35,39,42H,16,36H2. The quantitative estimate of drug-likeness (QED) is 0.171. The summed E-state index contributed by atoms with van der Waals surface area (Å²) in [5.74, 6) is 0. The van der Waals surface area contributed by atoms with Crippen LogP contribution in [0, 0.1) is 0 Å². The first kappa shape index (κ1) is 32.4. The van der Waals surface area contributed by atoms with Gasteiger partial charge in [0.05, 0.1) is 28.5 Å². The highest BCUT2D eigenvalue weighted by atomic mass is 15.2. The molecule has 0 saturated heterocycles. The molecule has 7 aromatic carbocycles. The highest BCUT2D eigenvalue weighted by molar-refractivity contribution is 6.10. The maximum absolute atomic E-state index is 2.68. The molecule has 0 fully saturated rings. The van der Waals surface area contributed by atoms with E-state index in [-0.39, 0.29) is 17.5 Å². The Morgan fingerprint density at radius 3 is 1.88 bits per heavy atom. The molecule has 4 aliphatic rings. The third kappa shape index (κ3) is 4.65. The van der Waals surface area contributed by atoms with Gasteiger partial charge in [-0.05, 0) is 111 Å². The lowest BCUT2D eigenvalue weighted by atomic mass is 9.67. The average Bonchev–Trinajstić information content (AvgIpc) is 3.89. The number of para-hydroxylation sites is 2. The van der Waals surface area contributed by atoms with E-state index in [0.717, 1.165) is 12.8 Å². The second kappa shape index (κ2) is 12.6. The summed E-state index contributed by atoms with van der Waals surface area (Å²) in [4.78, 5) is 2.68. The van der Waals surface area contributed by atoms with Crippen LogP contribution < -0.4 is 4.90 Å². The van der Waals surface area contributed by atoms with Crippen molar-refractivity contribution in [3.8, 4) is 27.9 Å². The number of rotatable bonds is 5. The van der Waals surface area contributed by atoms with Crippen molar-refractivity contribution < 1.29 is 0 Å². The number of allylic oxidation sites excluding steroid dienone is 4. The lowest BCUT2D eigenvalue weighted by Gasteiger charge is -2.42. The highest BCUT2D eigenvalue weighted by Crippen LogP contribution is 2.63. The molecule has 1 heterocycles. The highest BCUT2D eigenvalue weighted by Gasteiger charge is 2.53. The van der Waals surface area contributed by atoms with E-state index >= 15 is 0 Å². The molecular formula is C55H40N2. The molecule has 2 unspecified atom stereocenters. The van der Waals surface area contributed by atoms with Gasteiger partial charge in [0.25, 0.3) is 0 Å². The summed E-state index contributed by atoms with van der Waals surface area (Å²) in [6.45, 7) is 0. The Balaban J connectivity index is 0.948. The third-order valence-electron chi connectivity index (χ3n) is 13.1. The molecule has 2 atom stereocenters. The second-order valence-corrected chi connectivity index (χ2v) is 15.9. The minimum absolute atomic E-state index is 0.183. The molecule has 0 saturated carbocycles. The van der Waals surface area contributed by atoms with Gasteiger partial charge in [-0.25, -0.2) is 0 Å². The zero-order valence-corrected chi connectivity index (χ0v) is 31.6. The molecule has 4 aliphatic carbocycles. The number of hydrogen-bond donors (Lipinski definition) is 0. The van der Waals surface area contributed by atoms with Gasteiger partial charge in [-0.15, -0.1) is 0 Å². The lowest BCUT2D eigenvalue weighted by Crippen LogP contribution is -2.44. The van der Waals surface area contributed by atoms with Crippen molar-refractivity contribution in [2.24, 2.45) is 0 Å². The van der Waals surface area contributed by atoms with Crippen molar-refractivity contribution in [3.05, 3.63) is 234 Å². The Bertz CT molecular complexity index is 2980. The molecule has 12 rings (SSSR count). The van der Waals surface area contributed by atoms with E-state index in [1.54, 1.807) is 0 Å². The summed E-state index contributed by atoms with van der Waals surface area (Å²) < 4.78 is 2.38. The van der Waals surface area contributed by atoms with Crippen molar-refractivity contribution in [2.75, 3.05) is 4.90 Å². The number of hydrogen-bond acceptors (Lipinski definition) is 1. The van der Waals surface area contributed by atoms with Gasteiger partial charge in [0.1, 0.15) is 0 Å². The van der Waals surface area contributed by atoms with Gasteiger partial charge in [-0.1, -0.05) is 164 Å². The summed E-state index contributed by atoms with van der Waals surface area (Å²) in [7, 11) is 0. The van der Waals surface area contributed by atoms with Crippen LogP contribution >= 0.6 is 0 Å². The normalized spacial score (nSPS) is 18.2. The number of fused-ring (bicyclic) bond motifs is 12. The Morgan fingerprint density at radius 2 is 1.14 bits per heavy atom. The maximum atomic E-state index is 2.68. The van der Waals surface area contributed by atoms with E-state index < -0.39 is 0 Å². The molecule has 1 aromatic heterocycles. The largest absolute Gasteiger partial charge is 0.358 e. The maximum Gasteiger partial charge on any atom is 0.0689 e. The van der Waals surface area contributed by atoms with Crippen molar-refractivity contribution in [3.63, 3.8) is 0 Å². The molecule has 0 aliphatic heterocycles. The van der Waals surface area contributed by atoms with Crippen LogP contribution in [0.4, 0.5) is 5.69 Å². The molecule has 57 heavy (non-hydrogen) atoms. The predicted octanol–water partition coefficient (Wildman–Crippen LogP) is 13.3. The molecular weight excluding hydrogens is 689 g/mol. The van der Waals surface area contributed by atoms with E-state index in [2.05, 4.69) is 216 Å². The number of nitrogens with zero attached hydrogens (tertiary/aromatic N) is 2. The monoisotopic (exact) mass is 728 g/mol. The zero-order chi connectivity index (χ0) is 37.5. The van der Waals surface area contributed by atoms with E-state index in [1.165, 1.54) is 88.8 Å². The van der Waals surface area contributed by atoms with E-state index in [4.69, 9.17) is 0 Å². The van der Waals surface area contributed by atoms with Crippen molar-refractivity contribution in [1.82, 2.24) is 4.57 Å². The number of aromatic nitrogens is 1. The minimum Gasteiger partial charge on any atom is -0.358 e. The average molecular weight is 729 g/mol. The summed E-state index contributed by atoms with van der Waals surface area (Å²) in [5, 5.41) is 2.55. The van der Waals surface area contributed by atoms with Gasteiger partial charge >= 0.3 is 0 Å². The summed E-state index contributed by atoms with van der Waals surface area (Å²) in [5.41, 5.74) is 18.3. The van der Waals surface area contributed by atoms with Crippen LogP contribution in [0.1, 0.15) is 35.1 Å². The van der Waals surface area contributed by atoms with Crippen LogP contribution in [0.5, 0.6) is 0 Å². The third-order valence-corrected chi connectivity index (χ3v) is 13.1. The molecule has 2 heteroatoms. The fourth-order valence-electron chi connectivity index (χ4n) is 10.8. The van der Waals surface area contributed by atoms with Gasteiger partial charge in [0.2, 0.25) is 0 Å². The van der Waals surface area contributed by atoms with Crippen LogP contribution in [-0.2, 0) is 5.41 Å². The van der Waals surface area contributed by atoms with Gasteiger partial charge < -0.3 is 9.47 Å². The van der Waals surface area contributed by atoms with Crippen LogP contribution in [0.2, 0.25) is 0 Å². The summed E-state index contributed by atoms with van der Waals surface area (Å²) in [6, 6.07) is 63.7. The molecule has 8 aromatic rings. The molecule has 2 nitrogen and oxygen atoms in total. The first-order valence-corrected chi connectivity index (χ1v) is 20.3. The topological polar surface area (TPSA) is 8.17 Å². The van der Waals surface area contributed by atoms with Gasteiger partial charge in [-0.2, -0.15) is 0 Å². The van der Waals surface area contributed by atoms with Crippen molar-refractivity contribution in [1.29, 1.82) is 0 Å². The van der Waals surface area contributed by atoms with Crippen LogP contribution in [-0.4, -0.2) is 16.7 Å². The summed E-state index contributed by atoms with van der Waals surface area (Å²) in [6.07, 6.45) is 16.0. The molecule has 0 amide bonds. The van der Waals surface area contributed by atoms with E-state index in [9.17, 15) is 0 Å². The van der Waals surface area contributed by atoms with Crippen LogP contribution in [0.3, 0.4) is 0 Å². The Morgan fingerprint density at radius 1 is 0.509 bits per heavy atom. The first-order chi connectivity index (χ1) is 28.3. The summed E-state index contributed by atoms with van der Waals surface area (Å²) >= 11 is 0. The molecule has 0 bridgehead atoms. The van der Waals surface area contributed by atoms with Gasteiger partial charge in [-0.3, -0.25) is 0 Å². The zero-order valence-electron chi connectivity index (χ0n) is 31.6. The van der Waals surface area contributed by atoms with Crippen LogP contribution in [0.15, 0.2) is 212 Å². The lowest BCUT2D eigenvalue weighted by molar-refractivity contribution is 0.582. The number of anilines is 1. The molecule has 1 spiro atoms. The van der Waals surface area contributed by atoms with Gasteiger partial charge in [0.15, 0.2) is 0 Å². The second-order valence-electron chi connectivity index (χ2n) is 15.9. The van der Waals surface area contributed by atoms with Crippen molar-refractivity contribution >= 4 is 33.1 Å². The fourth-order valence-corrected chi connectivity index (χ4v) is 10.8. The first-order valence-electron chi connectivity index (χ1n) is 20.3. The SMILES string of the molecule is C1=CCC(N(c2ccc(-c3ccc4c(c3)c3ccccc3n4-c3ccccc3)cc2)C2C=CC3=C(C2)C2(c4ccccc43)c3ccccc3-c3ccccc32)C=C1. The van der Waals surface area contributed by atoms with E-state index in [1.807, 2.05) is 0 Å². The Hall–Kier alpha value is -6.90. The van der Waals surface area contributed by atoms with Crippen LogP contribution in [0.25, 0.3) is 55.3 Å². The molecule has 0 N–H and O–H groups in total. The smallest absolute Gasteiger partial charge is 0.0689 e. The fraction of sp³-hybridized carbons (Fsp3) is 0.0909. The molecule has 270 valence electrons. The predicted molar refractivity (Wildman–Crippen MR) is 238 cm³/mol. The minimum atomic E-state index is -0.303. The van der Waals surface area contributed by atoms with E-state index in [0.29, 0.717) is 0 Å². The number of benzene rings is 7. The van der Waals surface area contributed by atoms with Gasteiger partial charge in [0, 0.05) is 22.1 Å².